The Morgan fingerprint density at radius 2 is 1.88 bits per heavy atom. The summed E-state index contributed by atoms with van der Waals surface area (Å²) >= 11 is 0. The van der Waals surface area contributed by atoms with Crippen molar-refractivity contribution in [2.45, 2.75) is 25.5 Å². The van der Waals surface area contributed by atoms with Crippen LogP contribution in [0, 0.1) is 0 Å². The van der Waals surface area contributed by atoms with Gasteiger partial charge in [-0.2, -0.15) is 0 Å². The zero-order valence-electron chi connectivity index (χ0n) is 9.69. The first-order valence-corrected chi connectivity index (χ1v) is 5.05. The number of nitrogens with one attached hydrogen (secondary N) is 3. The van der Waals surface area contributed by atoms with Gasteiger partial charge in [0, 0.05) is 20.0 Å². The van der Waals surface area contributed by atoms with Crippen LogP contribution in [0.5, 0.6) is 0 Å². The molecule has 8 nitrogen and oxygen atoms in total. The van der Waals surface area contributed by atoms with Gasteiger partial charge in [0.15, 0.2) is 6.10 Å². The molecule has 2 atom stereocenters. The van der Waals surface area contributed by atoms with E-state index in [2.05, 4.69) is 16.0 Å². The molecule has 0 spiro atoms. The first-order chi connectivity index (χ1) is 7.88. The summed E-state index contributed by atoms with van der Waals surface area (Å²) in [5.74, 6) is -1.68. The molecular weight excluding hydrogens is 230 g/mol. The number of likely N-dealkylation sites (N-methyl/N-ethyl adjacent to an activating group) is 1. The smallest absolute Gasteiger partial charge is 0.332 e. The Balaban J connectivity index is 3.81. The predicted molar refractivity (Wildman–Crippen MR) is 58.3 cm³/mol. The van der Waals surface area contributed by atoms with Crippen LogP contribution in [0.4, 0.5) is 4.79 Å². The number of rotatable bonds is 6. The average molecular weight is 247 g/mol. The summed E-state index contributed by atoms with van der Waals surface area (Å²) in [5.41, 5.74) is 0. The topological polar surface area (TPSA) is 128 Å². The van der Waals surface area contributed by atoms with Gasteiger partial charge in [-0.1, -0.05) is 0 Å². The lowest BCUT2D eigenvalue weighted by Gasteiger charge is -2.13. The molecule has 0 aromatic carbocycles. The maximum atomic E-state index is 11.2. The fourth-order valence-electron chi connectivity index (χ4n) is 0.976. The molecular formula is C9H17N3O5. The second kappa shape index (κ2) is 7.44. The number of carboxylic acids is 1. The van der Waals surface area contributed by atoms with Gasteiger partial charge < -0.3 is 26.2 Å². The van der Waals surface area contributed by atoms with E-state index in [0.717, 1.165) is 0 Å². The summed E-state index contributed by atoms with van der Waals surface area (Å²) in [7, 11) is 1.45. The Hall–Kier alpha value is -1.83. The first kappa shape index (κ1) is 15.2. The second-order valence-corrected chi connectivity index (χ2v) is 3.38. The highest BCUT2D eigenvalue weighted by molar-refractivity contribution is 5.86. The highest BCUT2D eigenvalue weighted by Crippen LogP contribution is 1.89. The number of aliphatic carboxylic acids is 1. The largest absolute Gasteiger partial charge is 0.479 e. The van der Waals surface area contributed by atoms with Crippen LogP contribution in [0.1, 0.15) is 13.3 Å². The first-order valence-electron chi connectivity index (χ1n) is 5.05. The zero-order valence-corrected chi connectivity index (χ0v) is 9.69. The van der Waals surface area contributed by atoms with E-state index in [9.17, 15) is 14.4 Å². The quantitative estimate of drug-likeness (QED) is 0.380. The number of hydrogen-bond donors (Lipinski definition) is 5. The summed E-state index contributed by atoms with van der Waals surface area (Å²) in [6.45, 7) is 1.50. The molecule has 0 aliphatic rings. The molecule has 0 saturated carbocycles. The van der Waals surface area contributed by atoms with Gasteiger partial charge in [0.05, 0.1) is 0 Å². The van der Waals surface area contributed by atoms with Crippen molar-refractivity contribution in [1.82, 2.24) is 16.0 Å². The number of amides is 3. The Labute approximate surface area is 98.4 Å². The van der Waals surface area contributed by atoms with Crippen molar-refractivity contribution in [2.24, 2.45) is 0 Å². The van der Waals surface area contributed by atoms with E-state index in [1.165, 1.54) is 14.0 Å². The summed E-state index contributed by atoms with van der Waals surface area (Å²) in [6.07, 6.45) is -1.61. The fourth-order valence-corrected chi connectivity index (χ4v) is 0.976. The van der Waals surface area contributed by atoms with Crippen LogP contribution in [0.3, 0.4) is 0 Å². The van der Waals surface area contributed by atoms with Crippen molar-refractivity contribution in [3.8, 4) is 0 Å². The lowest BCUT2D eigenvalue weighted by molar-refractivity contribution is -0.146. The Morgan fingerprint density at radius 3 is 2.35 bits per heavy atom. The maximum Gasteiger partial charge on any atom is 0.332 e. The lowest BCUT2D eigenvalue weighted by atomic mass is 10.2. The van der Waals surface area contributed by atoms with Crippen molar-refractivity contribution >= 4 is 17.9 Å². The molecule has 0 radical (unpaired) electrons. The molecule has 0 heterocycles. The van der Waals surface area contributed by atoms with Gasteiger partial charge in [-0.25, -0.2) is 9.59 Å². The molecule has 0 fully saturated rings. The molecule has 3 amide bonds. The van der Waals surface area contributed by atoms with E-state index in [1.54, 1.807) is 0 Å². The van der Waals surface area contributed by atoms with Gasteiger partial charge in [0.1, 0.15) is 6.04 Å². The molecule has 5 N–H and O–H groups in total. The van der Waals surface area contributed by atoms with E-state index in [1.807, 2.05) is 0 Å². The van der Waals surface area contributed by atoms with Crippen LogP contribution in [-0.4, -0.2) is 53.9 Å². The highest BCUT2D eigenvalue weighted by Gasteiger charge is 2.15. The maximum absolute atomic E-state index is 11.2. The van der Waals surface area contributed by atoms with Crippen LogP contribution in [0.2, 0.25) is 0 Å². The molecule has 0 saturated heterocycles. The molecule has 0 aliphatic heterocycles. The normalized spacial score (nSPS) is 13.4. The molecule has 8 heteroatoms. The SMILES string of the molecule is CNC(=O)C(C)NC(=O)NCCC(O)C(=O)O. The Morgan fingerprint density at radius 1 is 1.29 bits per heavy atom. The van der Waals surface area contributed by atoms with Crippen LogP contribution in [0.25, 0.3) is 0 Å². The van der Waals surface area contributed by atoms with Crippen molar-refractivity contribution < 1.29 is 24.6 Å². The number of aliphatic hydroxyl groups excluding tert-OH is 1. The van der Waals surface area contributed by atoms with Gasteiger partial charge >= 0.3 is 12.0 Å². The predicted octanol–water partition coefficient (Wildman–Crippen LogP) is -1.74. The second-order valence-electron chi connectivity index (χ2n) is 3.38. The van der Waals surface area contributed by atoms with E-state index in [4.69, 9.17) is 10.2 Å². The number of urea groups is 1. The minimum atomic E-state index is -1.51. The third-order valence-electron chi connectivity index (χ3n) is 1.98. The lowest BCUT2D eigenvalue weighted by Crippen LogP contribution is -2.48. The van der Waals surface area contributed by atoms with Crippen molar-refractivity contribution in [3.63, 3.8) is 0 Å². The van der Waals surface area contributed by atoms with Crippen molar-refractivity contribution in [2.75, 3.05) is 13.6 Å². The highest BCUT2D eigenvalue weighted by atomic mass is 16.4. The monoisotopic (exact) mass is 247 g/mol. The van der Waals surface area contributed by atoms with Gasteiger partial charge in [-0.3, -0.25) is 4.79 Å². The molecule has 0 bridgehead atoms. The van der Waals surface area contributed by atoms with Crippen molar-refractivity contribution in [3.05, 3.63) is 0 Å². The Kier molecular flexibility index (Phi) is 6.64. The summed E-state index contributed by atoms with van der Waals surface area (Å²) < 4.78 is 0. The minimum absolute atomic E-state index is 0.000234. The van der Waals surface area contributed by atoms with Crippen molar-refractivity contribution in [1.29, 1.82) is 0 Å². The fraction of sp³-hybridized carbons (Fsp3) is 0.667. The van der Waals surface area contributed by atoms with E-state index in [0.29, 0.717) is 0 Å². The number of carbonyl (C=O) groups excluding carboxylic acids is 2. The number of carbonyl (C=O) groups is 3. The van der Waals surface area contributed by atoms with E-state index < -0.39 is 24.1 Å². The summed E-state index contributed by atoms with van der Waals surface area (Å²) in [5, 5.41) is 24.3. The standard InChI is InChI=1S/C9H17N3O5/c1-5(7(14)10-2)12-9(17)11-4-3-6(13)8(15)16/h5-6,13H,3-4H2,1-2H3,(H,10,14)(H,15,16)(H2,11,12,17). The van der Waals surface area contributed by atoms with E-state index >= 15 is 0 Å². The summed E-state index contributed by atoms with van der Waals surface area (Å²) in [6, 6.07) is -1.29. The van der Waals surface area contributed by atoms with Crippen LogP contribution in [0.15, 0.2) is 0 Å². The third kappa shape index (κ3) is 6.36. The van der Waals surface area contributed by atoms with Crippen LogP contribution in [-0.2, 0) is 9.59 Å². The summed E-state index contributed by atoms with van der Waals surface area (Å²) in [4.78, 5) is 32.5. The van der Waals surface area contributed by atoms with Gasteiger partial charge in [-0.15, -0.1) is 0 Å². The molecule has 98 valence electrons. The third-order valence-corrected chi connectivity index (χ3v) is 1.98. The molecule has 0 aliphatic carbocycles. The average Bonchev–Trinajstić information content (AvgIpc) is 2.27. The molecule has 17 heavy (non-hydrogen) atoms. The zero-order chi connectivity index (χ0) is 13.4. The van der Waals surface area contributed by atoms with Gasteiger partial charge in [0.25, 0.3) is 0 Å². The van der Waals surface area contributed by atoms with Crippen LogP contribution >= 0.6 is 0 Å². The Bertz CT molecular complexity index is 294. The molecule has 2 unspecified atom stereocenters. The molecule has 0 aromatic rings. The van der Waals surface area contributed by atoms with E-state index in [-0.39, 0.29) is 18.9 Å². The minimum Gasteiger partial charge on any atom is -0.479 e. The van der Waals surface area contributed by atoms with Gasteiger partial charge in [0.2, 0.25) is 5.91 Å². The number of hydrogen-bond acceptors (Lipinski definition) is 4. The van der Waals surface area contributed by atoms with Crippen LogP contribution < -0.4 is 16.0 Å². The van der Waals surface area contributed by atoms with Gasteiger partial charge in [-0.05, 0) is 6.92 Å². The molecule has 0 aromatic heterocycles. The number of aliphatic hydroxyl groups is 1. The molecule has 0 rings (SSSR count). The number of carboxylic acid groups (broad SMARTS) is 1.